The van der Waals surface area contributed by atoms with Crippen molar-refractivity contribution in [1.29, 1.82) is 0 Å². The molecule has 0 amide bonds. The van der Waals surface area contributed by atoms with Crippen molar-refractivity contribution in [3.05, 3.63) is 34.9 Å². The number of carbonyl (C=O) groups excluding carboxylic acids is 1. The average molecular weight is 236 g/mol. The lowest BCUT2D eigenvalue weighted by molar-refractivity contribution is 0.0507. The molecule has 1 rings (SSSR count). The summed E-state index contributed by atoms with van der Waals surface area (Å²) in [6.45, 7) is 1.31. The number of halogens is 4. The molecular weight excluding hydrogens is 228 g/mol. The Morgan fingerprint density at radius 2 is 1.88 bits per heavy atom. The predicted octanol–water partition coefficient (Wildman–Crippen LogP) is 3.08. The Labute approximate surface area is 88.8 Å². The summed E-state index contributed by atoms with van der Waals surface area (Å²) in [5.74, 6) is -3.86. The first-order valence-electron chi connectivity index (χ1n) is 4.42. The summed E-state index contributed by atoms with van der Waals surface area (Å²) in [6.07, 6.45) is -3.28. The van der Waals surface area contributed by atoms with E-state index in [-0.39, 0.29) is 6.61 Å². The first-order chi connectivity index (χ1) is 7.49. The monoisotopic (exact) mass is 236 g/mol. The first kappa shape index (κ1) is 12.5. The molecule has 0 heterocycles. The Balaban J connectivity index is 3.34. The number of carbonyl (C=O) groups is 1. The van der Waals surface area contributed by atoms with Crippen LogP contribution in [0.25, 0.3) is 0 Å². The second kappa shape index (κ2) is 4.96. The second-order valence-corrected chi connectivity index (χ2v) is 2.84. The minimum atomic E-state index is -3.28. The van der Waals surface area contributed by atoms with Crippen molar-refractivity contribution in [1.82, 2.24) is 0 Å². The van der Waals surface area contributed by atoms with E-state index in [1.807, 2.05) is 0 Å². The van der Waals surface area contributed by atoms with Crippen LogP contribution < -0.4 is 0 Å². The van der Waals surface area contributed by atoms with Gasteiger partial charge >= 0.3 is 5.97 Å². The van der Waals surface area contributed by atoms with Crippen LogP contribution in [-0.4, -0.2) is 12.6 Å². The van der Waals surface area contributed by atoms with Gasteiger partial charge in [-0.3, -0.25) is 0 Å². The number of ether oxygens (including phenoxy) is 1. The Morgan fingerprint density at radius 3 is 2.38 bits per heavy atom. The van der Waals surface area contributed by atoms with Gasteiger partial charge in [-0.05, 0) is 19.1 Å². The lowest BCUT2D eigenvalue weighted by Crippen LogP contribution is -2.12. The molecular formula is C10H8F4O2. The van der Waals surface area contributed by atoms with Crippen LogP contribution in [0, 0.1) is 11.6 Å². The summed E-state index contributed by atoms with van der Waals surface area (Å²) < 4.78 is 55.5. The zero-order valence-corrected chi connectivity index (χ0v) is 8.27. The third-order valence-corrected chi connectivity index (χ3v) is 1.84. The summed E-state index contributed by atoms with van der Waals surface area (Å²) in [4.78, 5) is 11.2. The molecule has 0 fully saturated rings. The van der Waals surface area contributed by atoms with Gasteiger partial charge in [0.2, 0.25) is 0 Å². The molecule has 0 aliphatic heterocycles. The zero-order valence-electron chi connectivity index (χ0n) is 8.27. The highest BCUT2D eigenvalue weighted by molar-refractivity contribution is 5.91. The lowest BCUT2D eigenvalue weighted by atomic mass is 10.1. The first-order valence-corrected chi connectivity index (χ1v) is 4.42. The zero-order chi connectivity index (χ0) is 12.3. The number of hydrogen-bond donors (Lipinski definition) is 0. The summed E-state index contributed by atoms with van der Waals surface area (Å²) in [5.41, 5.74) is -2.31. The number of esters is 1. The number of hydrogen-bond acceptors (Lipinski definition) is 2. The lowest BCUT2D eigenvalue weighted by Gasteiger charge is -2.09. The van der Waals surface area contributed by atoms with Gasteiger partial charge in [-0.25, -0.2) is 22.4 Å². The van der Waals surface area contributed by atoms with Crippen molar-refractivity contribution in [2.75, 3.05) is 6.61 Å². The third-order valence-electron chi connectivity index (χ3n) is 1.84. The van der Waals surface area contributed by atoms with E-state index in [9.17, 15) is 22.4 Å². The molecule has 1 aromatic rings. The van der Waals surface area contributed by atoms with E-state index in [1.54, 1.807) is 0 Å². The highest BCUT2D eigenvalue weighted by atomic mass is 19.3. The van der Waals surface area contributed by atoms with Crippen LogP contribution in [0.4, 0.5) is 17.6 Å². The van der Waals surface area contributed by atoms with Crippen LogP contribution in [0.1, 0.15) is 29.3 Å². The summed E-state index contributed by atoms with van der Waals surface area (Å²) in [5, 5.41) is 0. The molecule has 0 aliphatic carbocycles. The van der Waals surface area contributed by atoms with Gasteiger partial charge in [-0.15, -0.1) is 0 Å². The van der Waals surface area contributed by atoms with E-state index in [4.69, 9.17) is 0 Å². The molecule has 0 bridgehead atoms. The standard InChI is InChI=1S/C10H8F4O2/c1-2-16-10(15)8-6(12)4-3-5(11)7(8)9(13)14/h3-4,9H,2H2,1H3. The molecule has 0 saturated heterocycles. The molecule has 0 saturated carbocycles. The van der Waals surface area contributed by atoms with E-state index in [0.29, 0.717) is 12.1 Å². The van der Waals surface area contributed by atoms with Gasteiger partial charge in [0.15, 0.2) is 0 Å². The summed E-state index contributed by atoms with van der Waals surface area (Å²) in [7, 11) is 0. The maximum Gasteiger partial charge on any atom is 0.341 e. The van der Waals surface area contributed by atoms with Crippen LogP contribution in [0.2, 0.25) is 0 Å². The third kappa shape index (κ3) is 2.32. The number of alkyl halides is 2. The Kier molecular flexibility index (Phi) is 3.87. The van der Waals surface area contributed by atoms with E-state index >= 15 is 0 Å². The van der Waals surface area contributed by atoms with Crippen LogP contribution in [0.5, 0.6) is 0 Å². The molecule has 1 aromatic carbocycles. The molecule has 0 N–H and O–H groups in total. The summed E-state index contributed by atoms with van der Waals surface area (Å²) in [6, 6.07) is 1.15. The van der Waals surface area contributed by atoms with Crippen molar-refractivity contribution in [3.8, 4) is 0 Å². The van der Waals surface area contributed by atoms with Crippen molar-refractivity contribution in [3.63, 3.8) is 0 Å². The van der Waals surface area contributed by atoms with Gasteiger partial charge in [0.25, 0.3) is 6.43 Å². The molecule has 0 aromatic heterocycles. The highest BCUT2D eigenvalue weighted by Gasteiger charge is 2.27. The molecule has 6 heteroatoms. The minimum Gasteiger partial charge on any atom is -0.462 e. The topological polar surface area (TPSA) is 26.3 Å². The molecule has 16 heavy (non-hydrogen) atoms. The fraction of sp³-hybridized carbons (Fsp3) is 0.300. The van der Waals surface area contributed by atoms with E-state index in [1.165, 1.54) is 6.92 Å². The Morgan fingerprint density at radius 1 is 1.31 bits per heavy atom. The van der Waals surface area contributed by atoms with Crippen molar-refractivity contribution >= 4 is 5.97 Å². The van der Waals surface area contributed by atoms with Gasteiger partial charge in [-0.1, -0.05) is 0 Å². The largest absolute Gasteiger partial charge is 0.462 e. The highest BCUT2D eigenvalue weighted by Crippen LogP contribution is 2.28. The van der Waals surface area contributed by atoms with Gasteiger partial charge in [0.05, 0.1) is 12.2 Å². The van der Waals surface area contributed by atoms with Crippen molar-refractivity contribution < 1.29 is 27.1 Å². The molecule has 88 valence electrons. The van der Waals surface area contributed by atoms with E-state index in [0.717, 1.165) is 0 Å². The average Bonchev–Trinajstić information content (AvgIpc) is 2.20. The quantitative estimate of drug-likeness (QED) is 0.595. The fourth-order valence-corrected chi connectivity index (χ4v) is 1.19. The van der Waals surface area contributed by atoms with Gasteiger partial charge in [0, 0.05) is 0 Å². The fourth-order valence-electron chi connectivity index (χ4n) is 1.19. The van der Waals surface area contributed by atoms with E-state index < -0.39 is 35.2 Å². The Hall–Kier alpha value is -1.59. The predicted molar refractivity (Wildman–Crippen MR) is 47.3 cm³/mol. The SMILES string of the molecule is CCOC(=O)c1c(F)ccc(F)c1C(F)F. The van der Waals surface area contributed by atoms with Gasteiger partial charge in [-0.2, -0.15) is 0 Å². The van der Waals surface area contributed by atoms with Crippen molar-refractivity contribution in [2.45, 2.75) is 13.3 Å². The number of rotatable bonds is 3. The van der Waals surface area contributed by atoms with Gasteiger partial charge < -0.3 is 4.74 Å². The van der Waals surface area contributed by atoms with Crippen LogP contribution in [0.3, 0.4) is 0 Å². The van der Waals surface area contributed by atoms with Crippen LogP contribution in [0.15, 0.2) is 12.1 Å². The molecule has 0 aliphatic rings. The minimum absolute atomic E-state index is 0.114. The summed E-state index contributed by atoms with van der Waals surface area (Å²) >= 11 is 0. The van der Waals surface area contributed by atoms with Crippen LogP contribution >= 0.6 is 0 Å². The van der Waals surface area contributed by atoms with Crippen LogP contribution in [-0.2, 0) is 4.74 Å². The molecule has 0 radical (unpaired) electrons. The van der Waals surface area contributed by atoms with Gasteiger partial charge in [0.1, 0.15) is 17.2 Å². The smallest absolute Gasteiger partial charge is 0.341 e. The maximum absolute atomic E-state index is 13.2. The Bertz CT molecular complexity index is 404. The molecule has 2 nitrogen and oxygen atoms in total. The van der Waals surface area contributed by atoms with Crippen molar-refractivity contribution in [2.24, 2.45) is 0 Å². The molecule has 0 atom stereocenters. The molecule has 0 spiro atoms. The molecule has 0 unspecified atom stereocenters. The number of benzene rings is 1. The van der Waals surface area contributed by atoms with E-state index in [2.05, 4.69) is 4.74 Å². The maximum atomic E-state index is 13.2. The normalized spacial score (nSPS) is 10.6. The second-order valence-electron chi connectivity index (χ2n) is 2.84.